The number of nitrogens with zero attached hydrogens (tertiary/aromatic N) is 2. The van der Waals surface area contributed by atoms with Gasteiger partial charge in [-0.3, -0.25) is 14.6 Å². The second-order valence-electron chi connectivity index (χ2n) is 6.92. The van der Waals surface area contributed by atoms with E-state index in [1.807, 2.05) is 0 Å². The smallest absolute Gasteiger partial charge is 0.258 e. The molecule has 0 bridgehead atoms. The predicted molar refractivity (Wildman–Crippen MR) is 129 cm³/mol. The monoisotopic (exact) mass is 485 g/mol. The number of amides is 2. The minimum atomic E-state index is -0.489. The van der Waals surface area contributed by atoms with E-state index in [1.165, 1.54) is 11.8 Å². The number of aromatic nitrogens is 2. The third-order valence-corrected chi connectivity index (χ3v) is 5.87. The molecule has 8 nitrogen and oxygen atoms in total. The van der Waals surface area contributed by atoms with E-state index < -0.39 is 5.37 Å². The highest BCUT2D eigenvalue weighted by Crippen LogP contribution is 2.34. The molecule has 4 N–H and O–H groups in total. The maximum Gasteiger partial charge on any atom is 0.258 e. The number of hydrogen-bond acceptors (Lipinski definition) is 7. The average Bonchev–Trinajstić information content (AvgIpc) is 2.84. The van der Waals surface area contributed by atoms with Crippen molar-refractivity contribution in [1.29, 1.82) is 0 Å². The summed E-state index contributed by atoms with van der Waals surface area (Å²) in [7, 11) is 0. The molecule has 172 valence electrons. The van der Waals surface area contributed by atoms with Gasteiger partial charge in [-0.2, -0.15) is 0 Å². The molecule has 0 fully saturated rings. The largest absolute Gasteiger partial charge is 0.396 e. The van der Waals surface area contributed by atoms with Gasteiger partial charge in [-0.15, -0.1) is 0 Å². The summed E-state index contributed by atoms with van der Waals surface area (Å²) >= 11 is 7.18. The summed E-state index contributed by atoms with van der Waals surface area (Å²) in [6.07, 6.45) is 5.45. The van der Waals surface area contributed by atoms with E-state index in [2.05, 4.69) is 25.9 Å². The van der Waals surface area contributed by atoms with Gasteiger partial charge >= 0.3 is 0 Å². The molecule has 1 unspecified atom stereocenters. The minimum absolute atomic E-state index is 0.0602. The van der Waals surface area contributed by atoms with Crippen LogP contribution in [-0.4, -0.2) is 46.6 Å². The number of pyridine rings is 2. The van der Waals surface area contributed by atoms with Crippen LogP contribution in [0.1, 0.15) is 27.7 Å². The van der Waals surface area contributed by atoms with Crippen molar-refractivity contribution >= 4 is 40.9 Å². The maximum atomic E-state index is 12.9. The lowest BCUT2D eigenvalue weighted by molar-refractivity contribution is -0.120. The van der Waals surface area contributed by atoms with E-state index in [0.717, 1.165) is 5.56 Å². The summed E-state index contributed by atoms with van der Waals surface area (Å²) in [5.74, 6) is -0.538. The van der Waals surface area contributed by atoms with Crippen LogP contribution in [0.2, 0.25) is 5.02 Å². The van der Waals surface area contributed by atoms with E-state index in [0.29, 0.717) is 34.3 Å². The average molecular weight is 486 g/mol. The van der Waals surface area contributed by atoms with Gasteiger partial charge in [0.05, 0.1) is 12.1 Å². The van der Waals surface area contributed by atoms with Gasteiger partial charge in [0.15, 0.2) is 0 Å². The Bertz CT molecular complexity index is 1050. The number of anilines is 1. The van der Waals surface area contributed by atoms with Crippen molar-refractivity contribution < 1.29 is 14.7 Å². The van der Waals surface area contributed by atoms with Crippen molar-refractivity contribution in [2.24, 2.45) is 0 Å². The van der Waals surface area contributed by atoms with Gasteiger partial charge in [0.1, 0.15) is 10.4 Å². The summed E-state index contributed by atoms with van der Waals surface area (Å²) in [6.45, 7) is 0.700. The van der Waals surface area contributed by atoms with Gasteiger partial charge < -0.3 is 21.1 Å². The lowest BCUT2D eigenvalue weighted by Gasteiger charge is -2.20. The number of rotatable bonds is 11. The fraction of sp³-hybridized carbons (Fsp3) is 0.217. The third kappa shape index (κ3) is 7.83. The van der Waals surface area contributed by atoms with Crippen LogP contribution in [-0.2, 0) is 4.79 Å². The lowest BCUT2D eigenvalue weighted by Crippen LogP contribution is -2.36. The maximum absolute atomic E-state index is 12.9. The quantitative estimate of drug-likeness (QED) is 0.187. The van der Waals surface area contributed by atoms with Crippen LogP contribution >= 0.6 is 23.4 Å². The second-order valence-corrected chi connectivity index (χ2v) is 8.45. The number of carbonyl (C=O) groups excluding carboxylic acids is 2. The fourth-order valence-corrected chi connectivity index (χ4v) is 4.07. The van der Waals surface area contributed by atoms with Gasteiger partial charge in [-0.05, 0) is 67.1 Å². The molecule has 0 spiro atoms. The van der Waals surface area contributed by atoms with Crippen molar-refractivity contribution in [3.05, 3.63) is 83.3 Å². The Hall–Kier alpha value is -2.98. The van der Waals surface area contributed by atoms with Gasteiger partial charge in [-0.1, -0.05) is 23.4 Å². The normalized spacial score (nSPS) is 11.6. The molecule has 3 aromatic rings. The standard InChI is InChI=1S/C23H24ClN5O3S/c24-17-4-6-18(7-5-17)28-21(32)19-3-1-11-27-23(19)33-22(16-8-12-25-13-9-16)29-20(31)15-26-10-2-14-30/h1,3-9,11-13,22,26,30H,2,10,14-15H2,(H,28,32)(H,29,31). The summed E-state index contributed by atoms with van der Waals surface area (Å²) in [6, 6.07) is 13.8. The van der Waals surface area contributed by atoms with Crippen molar-refractivity contribution in [1.82, 2.24) is 20.6 Å². The third-order valence-electron chi connectivity index (χ3n) is 4.45. The topological polar surface area (TPSA) is 116 Å². The van der Waals surface area contributed by atoms with Crippen molar-refractivity contribution in [2.75, 3.05) is 25.0 Å². The highest BCUT2D eigenvalue weighted by Gasteiger charge is 2.21. The van der Waals surface area contributed by atoms with Crippen LogP contribution < -0.4 is 16.0 Å². The first kappa shape index (κ1) is 24.7. The van der Waals surface area contributed by atoms with E-state index >= 15 is 0 Å². The molecule has 2 amide bonds. The summed E-state index contributed by atoms with van der Waals surface area (Å²) < 4.78 is 0. The van der Waals surface area contributed by atoms with Gasteiger partial charge in [0, 0.05) is 35.9 Å². The first-order chi connectivity index (χ1) is 16.1. The first-order valence-electron chi connectivity index (χ1n) is 10.3. The van der Waals surface area contributed by atoms with Crippen LogP contribution in [0.5, 0.6) is 0 Å². The van der Waals surface area contributed by atoms with Gasteiger partial charge in [0.2, 0.25) is 5.91 Å². The molecule has 0 aliphatic carbocycles. The minimum Gasteiger partial charge on any atom is -0.396 e. The molecule has 10 heteroatoms. The summed E-state index contributed by atoms with van der Waals surface area (Å²) in [5.41, 5.74) is 1.80. The van der Waals surface area contributed by atoms with Crippen LogP contribution in [0.25, 0.3) is 0 Å². The van der Waals surface area contributed by atoms with E-state index in [-0.39, 0.29) is 25.0 Å². The molecule has 0 saturated heterocycles. The highest BCUT2D eigenvalue weighted by molar-refractivity contribution is 7.99. The zero-order valence-electron chi connectivity index (χ0n) is 17.7. The number of halogens is 1. The lowest BCUT2D eigenvalue weighted by atomic mass is 10.2. The summed E-state index contributed by atoms with van der Waals surface area (Å²) in [5, 5.41) is 18.2. The van der Waals surface area contributed by atoms with Crippen molar-refractivity contribution in [3.63, 3.8) is 0 Å². The zero-order valence-corrected chi connectivity index (χ0v) is 19.3. The number of thioether (sulfide) groups is 1. The molecule has 2 heterocycles. The second kappa shape index (κ2) is 12.9. The molecule has 2 aromatic heterocycles. The van der Waals surface area contributed by atoms with Crippen LogP contribution in [0.4, 0.5) is 5.69 Å². The summed E-state index contributed by atoms with van der Waals surface area (Å²) in [4.78, 5) is 33.9. The number of aliphatic hydroxyl groups excluding tert-OH is 1. The molecular formula is C23H24ClN5O3S. The van der Waals surface area contributed by atoms with E-state index in [9.17, 15) is 9.59 Å². The van der Waals surface area contributed by atoms with Crippen molar-refractivity contribution in [3.8, 4) is 0 Å². The van der Waals surface area contributed by atoms with Crippen LogP contribution in [0.3, 0.4) is 0 Å². The number of hydrogen-bond donors (Lipinski definition) is 4. The number of nitrogens with one attached hydrogen (secondary N) is 3. The SMILES string of the molecule is O=C(CNCCCO)NC(Sc1ncccc1C(=O)Nc1ccc(Cl)cc1)c1ccncc1. The zero-order chi connectivity index (χ0) is 23.5. The van der Waals surface area contributed by atoms with Crippen LogP contribution in [0, 0.1) is 0 Å². The molecule has 0 aliphatic rings. The molecule has 3 rings (SSSR count). The Morgan fingerprint density at radius 1 is 1.06 bits per heavy atom. The molecule has 33 heavy (non-hydrogen) atoms. The Morgan fingerprint density at radius 2 is 1.82 bits per heavy atom. The predicted octanol–water partition coefficient (Wildman–Crippen LogP) is 3.26. The molecule has 1 aromatic carbocycles. The highest BCUT2D eigenvalue weighted by atomic mass is 35.5. The molecule has 0 saturated carbocycles. The van der Waals surface area contributed by atoms with Crippen molar-refractivity contribution in [2.45, 2.75) is 16.8 Å². The Morgan fingerprint density at radius 3 is 2.55 bits per heavy atom. The Kier molecular flexibility index (Phi) is 9.64. The molecule has 0 radical (unpaired) electrons. The number of carbonyl (C=O) groups is 2. The van der Waals surface area contributed by atoms with Gasteiger partial charge in [0.25, 0.3) is 5.91 Å². The Labute approximate surface area is 201 Å². The van der Waals surface area contributed by atoms with Gasteiger partial charge in [-0.25, -0.2) is 4.98 Å². The molecule has 1 atom stereocenters. The Balaban J connectivity index is 1.76. The fourth-order valence-electron chi connectivity index (χ4n) is 2.82. The van der Waals surface area contributed by atoms with E-state index in [1.54, 1.807) is 67.1 Å². The van der Waals surface area contributed by atoms with E-state index in [4.69, 9.17) is 16.7 Å². The molecular weight excluding hydrogens is 462 g/mol. The van der Waals surface area contributed by atoms with Crippen LogP contribution in [0.15, 0.2) is 72.1 Å². The first-order valence-corrected chi connectivity index (χ1v) is 11.5. The number of aliphatic hydroxyl groups is 1. The molecule has 0 aliphatic heterocycles. The number of benzene rings is 1.